The molecule has 0 N–H and O–H groups in total. The molecule has 1 saturated heterocycles. The van der Waals surface area contributed by atoms with Crippen LogP contribution < -0.4 is 4.74 Å². The molecule has 0 spiro atoms. The average Bonchev–Trinajstić information content (AvgIpc) is 3.16. The zero-order chi connectivity index (χ0) is 16.9. The second-order valence-electron chi connectivity index (χ2n) is 6.13. The number of benzene rings is 1. The van der Waals surface area contributed by atoms with Gasteiger partial charge in [-0.25, -0.2) is 0 Å². The van der Waals surface area contributed by atoms with Crippen LogP contribution in [0.1, 0.15) is 23.4 Å². The molecule has 1 amide bonds. The summed E-state index contributed by atoms with van der Waals surface area (Å²) in [6.07, 6.45) is 0.463. The van der Waals surface area contributed by atoms with Gasteiger partial charge in [-0.05, 0) is 36.1 Å². The summed E-state index contributed by atoms with van der Waals surface area (Å²) in [5.41, 5.74) is 1.04. The third-order valence-electron chi connectivity index (χ3n) is 4.68. The van der Waals surface area contributed by atoms with Crippen molar-refractivity contribution >= 4 is 17.2 Å². The quantitative estimate of drug-likeness (QED) is 0.835. The number of nitrogens with zero attached hydrogens (tertiary/aromatic N) is 2. The van der Waals surface area contributed by atoms with Crippen molar-refractivity contribution in [3.8, 4) is 5.75 Å². The van der Waals surface area contributed by atoms with Crippen molar-refractivity contribution in [1.82, 2.24) is 9.80 Å². The number of amides is 1. The number of hydrogen-bond donors (Lipinski definition) is 0. The lowest BCUT2D eigenvalue weighted by Crippen LogP contribution is -2.49. The van der Waals surface area contributed by atoms with Crippen LogP contribution in [0, 0.1) is 0 Å². The van der Waals surface area contributed by atoms with Gasteiger partial charge in [-0.2, -0.15) is 0 Å². The van der Waals surface area contributed by atoms with Gasteiger partial charge in [-0.15, -0.1) is 11.3 Å². The van der Waals surface area contributed by atoms with Gasteiger partial charge in [0.15, 0.2) is 0 Å². The zero-order valence-electron chi connectivity index (χ0n) is 14.3. The van der Waals surface area contributed by atoms with Crippen LogP contribution in [0.15, 0.2) is 41.8 Å². The summed E-state index contributed by atoms with van der Waals surface area (Å²) in [7, 11) is 1.65. The Kier molecular flexibility index (Phi) is 5.53. The summed E-state index contributed by atoms with van der Waals surface area (Å²) in [6.45, 7) is 5.75. The molecule has 1 unspecified atom stereocenters. The van der Waals surface area contributed by atoms with Gasteiger partial charge in [0.2, 0.25) is 5.91 Å². The minimum Gasteiger partial charge on any atom is -0.497 e. The molecule has 0 saturated carbocycles. The van der Waals surface area contributed by atoms with E-state index in [9.17, 15) is 4.79 Å². The highest BCUT2D eigenvalue weighted by Gasteiger charge is 2.25. The van der Waals surface area contributed by atoms with Gasteiger partial charge in [0.25, 0.3) is 0 Å². The minimum absolute atomic E-state index is 0.212. The summed E-state index contributed by atoms with van der Waals surface area (Å²) in [4.78, 5) is 18.4. The smallest absolute Gasteiger partial charge is 0.227 e. The fourth-order valence-corrected chi connectivity index (χ4v) is 3.91. The zero-order valence-corrected chi connectivity index (χ0v) is 15.1. The molecule has 5 heteroatoms. The molecule has 1 aliphatic heterocycles. The van der Waals surface area contributed by atoms with Gasteiger partial charge in [-0.1, -0.05) is 18.2 Å². The molecule has 24 heavy (non-hydrogen) atoms. The van der Waals surface area contributed by atoms with E-state index >= 15 is 0 Å². The van der Waals surface area contributed by atoms with Crippen LogP contribution in [0.3, 0.4) is 0 Å². The predicted octanol–water partition coefficient (Wildman–Crippen LogP) is 3.20. The third-order valence-corrected chi connectivity index (χ3v) is 5.73. The van der Waals surface area contributed by atoms with Crippen LogP contribution in [-0.2, 0) is 11.2 Å². The van der Waals surface area contributed by atoms with Gasteiger partial charge >= 0.3 is 0 Å². The van der Waals surface area contributed by atoms with Crippen LogP contribution in [0.2, 0.25) is 0 Å². The fraction of sp³-hybridized carbons (Fsp3) is 0.421. The van der Waals surface area contributed by atoms with Crippen molar-refractivity contribution in [2.24, 2.45) is 0 Å². The lowest BCUT2D eigenvalue weighted by Gasteiger charge is -2.37. The van der Waals surface area contributed by atoms with Crippen molar-refractivity contribution in [2.75, 3.05) is 33.3 Å². The highest BCUT2D eigenvalue weighted by Crippen LogP contribution is 2.25. The minimum atomic E-state index is 0.212. The maximum atomic E-state index is 12.5. The third kappa shape index (κ3) is 3.97. The Balaban J connectivity index is 1.51. The number of carbonyl (C=O) groups excluding carboxylic acids is 1. The van der Waals surface area contributed by atoms with Crippen molar-refractivity contribution in [3.63, 3.8) is 0 Å². The molecule has 0 radical (unpaired) electrons. The SMILES string of the molecule is COc1ccc(CC(=O)N2CCN(C(C)c3cccs3)CC2)cc1. The van der Waals surface area contributed by atoms with Gasteiger partial charge in [-0.3, -0.25) is 9.69 Å². The number of carbonyl (C=O) groups is 1. The van der Waals surface area contributed by atoms with E-state index in [1.54, 1.807) is 18.4 Å². The highest BCUT2D eigenvalue weighted by molar-refractivity contribution is 7.10. The van der Waals surface area contributed by atoms with E-state index in [-0.39, 0.29) is 5.91 Å². The summed E-state index contributed by atoms with van der Waals surface area (Å²) in [5, 5.41) is 2.13. The Morgan fingerprint density at radius 2 is 1.88 bits per heavy atom. The van der Waals surface area contributed by atoms with Crippen molar-refractivity contribution < 1.29 is 9.53 Å². The molecule has 128 valence electrons. The van der Waals surface area contributed by atoms with Crippen LogP contribution in [-0.4, -0.2) is 49.0 Å². The number of piperazine rings is 1. The van der Waals surface area contributed by atoms with Crippen molar-refractivity contribution in [2.45, 2.75) is 19.4 Å². The Morgan fingerprint density at radius 1 is 1.17 bits per heavy atom. The second-order valence-corrected chi connectivity index (χ2v) is 7.11. The molecular weight excluding hydrogens is 320 g/mol. The maximum absolute atomic E-state index is 12.5. The molecule has 1 aromatic carbocycles. The van der Waals surface area contributed by atoms with E-state index in [1.807, 2.05) is 29.2 Å². The van der Waals surface area contributed by atoms with E-state index in [0.717, 1.165) is 37.5 Å². The lowest BCUT2D eigenvalue weighted by atomic mass is 10.1. The number of ether oxygens (including phenoxy) is 1. The largest absolute Gasteiger partial charge is 0.497 e. The van der Waals surface area contributed by atoms with E-state index in [1.165, 1.54) is 4.88 Å². The van der Waals surface area contributed by atoms with Crippen LogP contribution >= 0.6 is 11.3 Å². The van der Waals surface area contributed by atoms with Crippen molar-refractivity contribution in [1.29, 1.82) is 0 Å². The van der Waals surface area contributed by atoms with Crippen LogP contribution in [0.25, 0.3) is 0 Å². The maximum Gasteiger partial charge on any atom is 0.227 e. The molecule has 0 bridgehead atoms. The molecule has 0 aliphatic carbocycles. The second kappa shape index (κ2) is 7.81. The molecule has 1 aromatic heterocycles. The topological polar surface area (TPSA) is 32.8 Å². The molecule has 4 nitrogen and oxygen atoms in total. The van der Waals surface area contributed by atoms with Gasteiger partial charge in [0, 0.05) is 37.1 Å². The molecule has 3 rings (SSSR count). The fourth-order valence-electron chi connectivity index (χ4n) is 3.10. The Morgan fingerprint density at radius 3 is 2.46 bits per heavy atom. The number of methoxy groups -OCH3 is 1. The molecular formula is C19H24N2O2S. The standard InChI is InChI=1S/C19H24N2O2S/c1-15(18-4-3-13-24-18)20-9-11-21(12-10-20)19(22)14-16-5-7-17(23-2)8-6-16/h3-8,13,15H,9-12,14H2,1-2H3. The lowest BCUT2D eigenvalue weighted by molar-refractivity contribution is -0.132. The van der Waals surface area contributed by atoms with E-state index in [0.29, 0.717) is 12.5 Å². The first kappa shape index (κ1) is 17.0. The monoisotopic (exact) mass is 344 g/mol. The van der Waals surface area contributed by atoms with Crippen LogP contribution in [0.4, 0.5) is 0 Å². The molecule has 2 heterocycles. The van der Waals surface area contributed by atoms with Crippen molar-refractivity contribution in [3.05, 3.63) is 52.2 Å². The number of rotatable bonds is 5. The van der Waals surface area contributed by atoms with Gasteiger partial charge < -0.3 is 9.64 Å². The molecule has 1 atom stereocenters. The van der Waals surface area contributed by atoms with E-state index in [4.69, 9.17) is 4.74 Å². The molecule has 2 aromatic rings. The van der Waals surface area contributed by atoms with Crippen LogP contribution in [0.5, 0.6) is 5.75 Å². The first-order valence-corrected chi connectivity index (χ1v) is 9.23. The number of hydrogen-bond acceptors (Lipinski definition) is 4. The average molecular weight is 344 g/mol. The van der Waals surface area contributed by atoms with Gasteiger partial charge in [0.05, 0.1) is 13.5 Å². The highest BCUT2D eigenvalue weighted by atomic mass is 32.1. The molecule has 1 aliphatic rings. The number of thiophene rings is 1. The molecule has 1 fully saturated rings. The Bertz CT molecular complexity index is 647. The normalized spacial score (nSPS) is 16.8. The summed E-state index contributed by atoms with van der Waals surface area (Å²) in [6, 6.07) is 12.5. The van der Waals surface area contributed by atoms with E-state index in [2.05, 4.69) is 29.3 Å². The first-order chi connectivity index (χ1) is 11.7. The Labute approximate surface area is 147 Å². The Hall–Kier alpha value is -1.85. The summed E-state index contributed by atoms with van der Waals surface area (Å²) in [5.74, 6) is 1.03. The summed E-state index contributed by atoms with van der Waals surface area (Å²) < 4.78 is 5.16. The summed E-state index contributed by atoms with van der Waals surface area (Å²) >= 11 is 1.80. The predicted molar refractivity (Wildman–Crippen MR) is 97.6 cm³/mol. The first-order valence-electron chi connectivity index (χ1n) is 8.35. The van der Waals surface area contributed by atoms with Gasteiger partial charge in [0.1, 0.15) is 5.75 Å². The van der Waals surface area contributed by atoms with E-state index < -0.39 is 0 Å².